The minimum atomic E-state index is -0.0850. The van der Waals surface area contributed by atoms with Crippen molar-refractivity contribution < 1.29 is 4.79 Å². The van der Waals surface area contributed by atoms with Crippen LogP contribution in [0.4, 0.5) is 0 Å². The van der Waals surface area contributed by atoms with Gasteiger partial charge in [-0.1, -0.05) is 54.1 Å². The maximum Gasteiger partial charge on any atom is 0.188 e. The average molecular weight is 415 g/mol. The molecular weight excluding hydrogens is 394 g/mol. The lowest BCUT2D eigenvalue weighted by molar-refractivity contribution is 0.104. The van der Waals surface area contributed by atoms with Gasteiger partial charge in [0.05, 0.1) is 22.1 Å². The van der Waals surface area contributed by atoms with E-state index in [1.165, 1.54) is 0 Å². The first-order chi connectivity index (χ1) is 15.6. The standard InChI is InChI=1S/C28H21N3O/c1-18-11-13-23-22(17-18)27(20-7-4-3-5-8-20)26(19(2)31-23)25(32)14-12-21-9-6-10-24-28(21)30-16-15-29-24/h3-17H,1-2H3. The summed E-state index contributed by atoms with van der Waals surface area (Å²) in [4.78, 5) is 27.1. The summed E-state index contributed by atoms with van der Waals surface area (Å²) < 4.78 is 0. The van der Waals surface area contributed by atoms with Gasteiger partial charge in [0.15, 0.2) is 5.78 Å². The summed E-state index contributed by atoms with van der Waals surface area (Å²) in [5.74, 6) is -0.0850. The number of benzene rings is 3. The lowest BCUT2D eigenvalue weighted by Gasteiger charge is -2.15. The quantitative estimate of drug-likeness (QED) is 0.253. The Morgan fingerprint density at radius 1 is 0.844 bits per heavy atom. The number of pyridine rings is 1. The van der Waals surface area contributed by atoms with E-state index in [1.54, 1.807) is 18.5 Å². The molecule has 0 aliphatic rings. The van der Waals surface area contributed by atoms with Gasteiger partial charge in [-0.05, 0) is 49.8 Å². The number of rotatable bonds is 4. The van der Waals surface area contributed by atoms with E-state index in [-0.39, 0.29) is 5.78 Å². The Hall–Kier alpha value is -4.18. The van der Waals surface area contributed by atoms with Crippen LogP contribution >= 0.6 is 0 Å². The molecule has 3 aromatic carbocycles. The first kappa shape index (κ1) is 19.8. The zero-order chi connectivity index (χ0) is 22.1. The van der Waals surface area contributed by atoms with Gasteiger partial charge in [-0.15, -0.1) is 0 Å². The fourth-order valence-corrected chi connectivity index (χ4v) is 4.10. The van der Waals surface area contributed by atoms with Crippen molar-refractivity contribution in [3.05, 3.63) is 108 Å². The first-order valence-electron chi connectivity index (χ1n) is 10.5. The largest absolute Gasteiger partial charge is 0.289 e. The summed E-state index contributed by atoms with van der Waals surface area (Å²) >= 11 is 0. The summed E-state index contributed by atoms with van der Waals surface area (Å²) in [7, 11) is 0. The normalized spacial score (nSPS) is 11.4. The zero-order valence-corrected chi connectivity index (χ0v) is 17.9. The van der Waals surface area contributed by atoms with Gasteiger partial charge in [-0.2, -0.15) is 0 Å². The second-order valence-corrected chi connectivity index (χ2v) is 7.80. The van der Waals surface area contributed by atoms with Crippen molar-refractivity contribution >= 4 is 33.8 Å². The van der Waals surface area contributed by atoms with Crippen LogP contribution in [0.2, 0.25) is 0 Å². The lowest BCUT2D eigenvalue weighted by atomic mass is 9.91. The molecule has 2 aromatic heterocycles. The van der Waals surface area contributed by atoms with Gasteiger partial charge in [-0.3, -0.25) is 19.7 Å². The fourth-order valence-electron chi connectivity index (χ4n) is 4.10. The Bertz CT molecular complexity index is 1500. The third kappa shape index (κ3) is 3.56. The number of carbonyl (C=O) groups excluding carboxylic acids is 1. The van der Waals surface area contributed by atoms with E-state index in [0.717, 1.165) is 44.2 Å². The summed E-state index contributed by atoms with van der Waals surface area (Å²) in [6.07, 6.45) is 6.75. The number of hydrogen-bond acceptors (Lipinski definition) is 4. The van der Waals surface area contributed by atoms with Crippen molar-refractivity contribution in [2.75, 3.05) is 0 Å². The first-order valence-corrected chi connectivity index (χ1v) is 10.5. The Balaban J connectivity index is 1.69. The number of nitrogens with zero attached hydrogens (tertiary/aromatic N) is 3. The van der Waals surface area contributed by atoms with Crippen molar-refractivity contribution in [1.29, 1.82) is 0 Å². The Morgan fingerprint density at radius 3 is 2.50 bits per heavy atom. The molecule has 0 N–H and O–H groups in total. The predicted octanol–water partition coefficient (Wildman–Crippen LogP) is 6.36. The van der Waals surface area contributed by atoms with Crippen molar-refractivity contribution in [3.63, 3.8) is 0 Å². The van der Waals surface area contributed by atoms with Crippen LogP contribution in [0.25, 0.3) is 39.1 Å². The van der Waals surface area contributed by atoms with E-state index in [4.69, 9.17) is 4.98 Å². The number of aromatic nitrogens is 3. The number of ketones is 1. The number of para-hydroxylation sites is 1. The van der Waals surface area contributed by atoms with E-state index in [9.17, 15) is 4.79 Å². The molecule has 0 fully saturated rings. The van der Waals surface area contributed by atoms with Gasteiger partial charge in [-0.25, -0.2) is 0 Å². The van der Waals surface area contributed by atoms with Crippen LogP contribution in [0.5, 0.6) is 0 Å². The van der Waals surface area contributed by atoms with Crippen LogP contribution < -0.4 is 0 Å². The Morgan fingerprint density at radius 2 is 1.66 bits per heavy atom. The highest BCUT2D eigenvalue weighted by Gasteiger charge is 2.19. The van der Waals surface area contributed by atoms with Gasteiger partial charge < -0.3 is 0 Å². The molecule has 4 heteroatoms. The van der Waals surface area contributed by atoms with Crippen molar-refractivity contribution in [2.45, 2.75) is 13.8 Å². The number of hydrogen-bond donors (Lipinski definition) is 0. The highest BCUT2D eigenvalue weighted by atomic mass is 16.1. The van der Waals surface area contributed by atoms with Crippen LogP contribution in [0.1, 0.15) is 27.2 Å². The second kappa shape index (κ2) is 8.16. The van der Waals surface area contributed by atoms with E-state index < -0.39 is 0 Å². The molecule has 0 spiro atoms. The average Bonchev–Trinajstić information content (AvgIpc) is 2.82. The molecule has 0 aliphatic heterocycles. The number of carbonyl (C=O) groups is 1. The Kier molecular flexibility index (Phi) is 5.04. The molecule has 0 amide bonds. The molecule has 5 rings (SSSR count). The summed E-state index contributed by atoms with van der Waals surface area (Å²) in [5, 5.41) is 0.981. The number of allylic oxidation sites excluding steroid dienone is 1. The van der Waals surface area contributed by atoms with Gasteiger partial charge in [0.1, 0.15) is 0 Å². The highest BCUT2D eigenvalue weighted by Crippen LogP contribution is 2.34. The number of aryl methyl sites for hydroxylation is 2. The molecule has 2 heterocycles. The molecule has 0 unspecified atom stereocenters. The molecule has 4 nitrogen and oxygen atoms in total. The van der Waals surface area contributed by atoms with Crippen LogP contribution in [-0.2, 0) is 0 Å². The van der Waals surface area contributed by atoms with Crippen molar-refractivity contribution in [2.24, 2.45) is 0 Å². The SMILES string of the molecule is Cc1ccc2nc(C)c(C(=O)C=Cc3cccc4nccnc34)c(-c3ccccc3)c2c1. The molecule has 0 radical (unpaired) electrons. The van der Waals surface area contributed by atoms with Gasteiger partial charge >= 0.3 is 0 Å². The van der Waals surface area contributed by atoms with Crippen LogP contribution in [0.3, 0.4) is 0 Å². The van der Waals surface area contributed by atoms with Crippen molar-refractivity contribution in [1.82, 2.24) is 15.0 Å². The van der Waals surface area contributed by atoms with E-state index in [1.807, 2.05) is 73.7 Å². The molecule has 0 bridgehead atoms. The van der Waals surface area contributed by atoms with Gasteiger partial charge in [0.25, 0.3) is 0 Å². The Labute approximate surface area is 186 Å². The molecule has 154 valence electrons. The maximum absolute atomic E-state index is 13.5. The highest BCUT2D eigenvalue weighted by molar-refractivity contribution is 6.16. The summed E-state index contributed by atoms with van der Waals surface area (Å²) in [6, 6.07) is 22.0. The van der Waals surface area contributed by atoms with Crippen molar-refractivity contribution in [3.8, 4) is 11.1 Å². The van der Waals surface area contributed by atoms with Gasteiger partial charge in [0, 0.05) is 34.6 Å². The smallest absolute Gasteiger partial charge is 0.188 e. The molecule has 0 atom stereocenters. The van der Waals surface area contributed by atoms with Crippen LogP contribution in [0.15, 0.2) is 85.2 Å². The van der Waals surface area contributed by atoms with E-state index >= 15 is 0 Å². The van der Waals surface area contributed by atoms with Crippen LogP contribution in [0, 0.1) is 13.8 Å². The minimum absolute atomic E-state index is 0.0850. The maximum atomic E-state index is 13.5. The number of fused-ring (bicyclic) bond motifs is 2. The topological polar surface area (TPSA) is 55.7 Å². The third-order valence-electron chi connectivity index (χ3n) is 5.57. The van der Waals surface area contributed by atoms with Gasteiger partial charge in [0.2, 0.25) is 0 Å². The summed E-state index contributed by atoms with van der Waals surface area (Å²) in [5.41, 5.74) is 7.69. The molecule has 0 aliphatic carbocycles. The molecule has 0 saturated heterocycles. The molecule has 0 saturated carbocycles. The lowest BCUT2D eigenvalue weighted by Crippen LogP contribution is -2.05. The minimum Gasteiger partial charge on any atom is -0.289 e. The third-order valence-corrected chi connectivity index (χ3v) is 5.57. The van der Waals surface area contributed by atoms with E-state index in [0.29, 0.717) is 11.3 Å². The zero-order valence-electron chi connectivity index (χ0n) is 17.9. The van der Waals surface area contributed by atoms with Crippen LogP contribution in [-0.4, -0.2) is 20.7 Å². The molecule has 5 aromatic rings. The molecular formula is C28H21N3O. The predicted molar refractivity (Wildman–Crippen MR) is 130 cm³/mol. The second-order valence-electron chi connectivity index (χ2n) is 7.80. The summed E-state index contributed by atoms with van der Waals surface area (Å²) in [6.45, 7) is 3.95. The fraction of sp³-hybridized carbons (Fsp3) is 0.0714. The van der Waals surface area contributed by atoms with E-state index in [2.05, 4.69) is 23.0 Å². The monoisotopic (exact) mass is 415 g/mol. The molecule has 32 heavy (non-hydrogen) atoms.